The van der Waals surface area contributed by atoms with Crippen LogP contribution in [0.25, 0.3) is 0 Å². The second-order valence-electron chi connectivity index (χ2n) is 4.31. The van der Waals surface area contributed by atoms with Gasteiger partial charge in [-0.3, -0.25) is 4.79 Å². The van der Waals surface area contributed by atoms with Crippen LogP contribution >= 0.6 is 11.3 Å². The Morgan fingerprint density at radius 3 is 2.90 bits per heavy atom. The van der Waals surface area contributed by atoms with Crippen LogP contribution in [-0.2, 0) is 17.6 Å². The lowest BCUT2D eigenvalue weighted by Crippen LogP contribution is -2.06. The molecule has 6 heteroatoms. The monoisotopic (exact) mass is 294 g/mol. The number of anilines is 1. The molecule has 0 unspecified atom stereocenters. The molecule has 0 aliphatic carbocycles. The van der Waals surface area contributed by atoms with Gasteiger partial charge in [0.15, 0.2) is 5.13 Å². The number of aliphatic carboxylic acids is 1. The molecule has 0 radical (unpaired) electrons. The fourth-order valence-corrected chi connectivity index (χ4v) is 2.52. The summed E-state index contributed by atoms with van der Waals surface area (Å²) in [6.45, 7) is 0.590. The summed E-state index contributed by atoms with van der Waals surface area (Å²) < 4.78 is 13.4. The Morgan fingerprint density at radius 1 is 1.35 bits per heavy atom. The second-order valence-corrected chi connectivity index (χ2v) is 5.16. The van der Waals surface area contributed by atoms with E-state index < -0.39 is 5.97 Å². The first-order valence-corrected chi connectivity index (χ1v) is 7.16. The summed E-state index contributed by atoms with van der Waals surface area (Å²) in [6.07, 6.45) is 1.09. The van der Waals surface area contributed by atoms with Crippen LogP contribution in [0.5, 0.6) is 0 Å². The van der Waals surface area contributed by atoms with Crippen LogP contribution in [-0.4, -0.2) is 22.6 Å². The van der Waals surface area contributed by atoms with Gasteiger partial charge in [-0.1, -0.05) is 18.2 Å². The molecule has 1 heterocycles. The molecular formula is C14H15FN2O2S. The number of rotatable bonds is 7. The van der Waals surface area contributed by atoms with Gasteiger partial charge in [0.1, 0.15) is 5.82 Å². The van der Waals surface area contributed by atoms with Gasteiger partial charge >= 0.3 is 5.97 Å². The van der Waals surface area contributed by atoms with Crippen molar-refractivity contribution in [3.8, 4) is 0 Å². The van der Waals surface area contributed by atoms with Crippen molar-refractivity contribution in [3.63, 3.8) is 0 Å². The summed E-state index contributed by atoms with van der Waals surface area (Å²) in [7, 11) is 0. The number of hydrogen-bond acceptors (Lipinski definition) is 4. The van der Waals surface area contributed by atoms with E-state index in [1.165, 1.54) is 17.4 Å². The molecule has 0 atom stereocenters. The first-order chi connectivity index (χ1) is 9.65. The lowest BCUT2D eigenvalue weighted by molar-refractivity contribution is -0.136. The average molecular weight is 294 g/mol. The molecule has 0 bridgehead atoms. The first kappa shape index (κ1) is 14.5. The van der Waals surface area contributed by atoms with Crippen LogP contribution in [0.3, 0.4) is 0 Å². The summed E-state index contributed by atoms with van der Waals surface area (Å²) >= 11 is 1.43. The Morgan fingerprint density at radius 2 is 2.15 bits per heavy atom. The van der Waals surface area contributed by atoms with E-state index in [0.717, 1.165) is 10.8 Å². The number of aryl methyl sites for hydroxylation is 1. The van der Waals surface area contributed by atoms with Crippen LogP contribution < -0.4 is 5.32 Å². The highest BCUT2D eigenvalue weighted by molar-refractivity contribution is 7.13. The molecule has 1 aromatic heterocycles. The molecule has 1 aromatic carbocycles. The molecule has 0 saturated heterocycles. The van der Waals surface area contributed by atoms with Gasteiger partial charge in [-0.25, -0.2) is 9.37 Å². The minimum absolute atomic E-state index is 0.0817. The van der Waals surface area contributed by atoms with Crippen molar-refractivity contribution in [1.82, 2.24) is 4.98 Å². The van der Waals surface area contributed by atoms with Gasteiger partial charge in [0.05, 0.1) is 12.1 Å². The third kappa shape index (κ3) is 4.31. The van der Waals surface area contributed by atoms with Crippen molar-refractivity contribution in [1.29, 1.82) is 0 Å². The predicted octanol–water partition coefficient (Wildman–Crippen LogP) is 2.95. The Hall–Kier alpha value is -1.95. The number of halogens is 1. The Labute approximate surface area is 120 Å². The van der Waals surface area contributed by atoms with E-state index in [1.54, 1.807) is 12.1 Å². The zero-order chi connectivity index (χ0) is 14.4. The molecule has 106 valence electrons. The number of carboxylic acids is 1. The summed E-state index contributed by atoms with van der Waals surface area (Å²) in [5, 5.41) is 14.3. The first-order valence-electron chi connectivity index (χ1n) is 6.28. The Bertz CT molecular complexity index is 586. The minimum Gasteiger partial charge on any atom is -0.481 e. The molecular weight excluding hydrogens is 279 g/mol. The summed E-state index contributed by atoms with van der Waals surface area (Å²) in [5.41, 5.74) is 1.44. The lowest BCUT2D eigenvalue weighted by atomic mass is 10.1. The summed E-state index contributed by atoms with van der Waals surface area (Å²) in [5.74, 6) is -1.03. The van der Waals surface area contributed by atoms with Crippen molar-refractivity contribution in [2.45, 2.75) is 19.3 Å². The highest BCUT2D eigenvalue weighted by atomic mass is 32.1. The number of hydrogen-bond donors (Lipinski definition) is 2. The van der Waals surface area contributed by atoms with E-state index in [-0.39, 0.29) is 12.2 Å². The fourth-order valence-electron chi connectivity index (χ4n) is 1.74. The Balaban J connectivity index is 1.80. The van der Waals surface area contributed by atoms with Crippen molar-refractivity contribution < 1.29 is 14.3 Å². The number of nitrogens with one attached hydrogen (secondary N) is 1. The van der Waals surface area contributed by atoms with E-state index >= 15 is 0 Å². The minimum atomic E-state index is -0.827. The van der Waals surface area contributed by atoms with Crippen LogP contribution in [0.4, 0.5) is 9.52 Å². The number of benzene rings is 1. The Kier molecular flexibility index (Phi) is 5.06. The standard InChI is InChI=1S/C14H15FN2O2S/c15-12-4-2-1-3-10(12)7-8-16-14-17-11(9-20-14)5-6-13(18)19/h1-4,9H,5-8H2,(H,16,17)(H,18,19). The molecule has 4 nitrogen and oxygen atoms in total. The third-order valence-electron chi connectivity index (χ3n) is 2.78. The zero-order valence-corrected chi connectivity index (χ0v) is 11.6. The molecule has 0 saturated carbocycles. The van der Waals surface area contributed by atoms with Gasteiger partial charge in [0.2, 0.25) is 0 Å². The second kappa shape index (κ2) is 7.00. The molecule has 20 heavy (non-hydrogen) atoms. The number of nitrogens with zero attached hydrogens (tertiary/aromatic N) is 1. The van der Waals surface area contributed by atoms with Gasteiger partial charge in [0, 0.05) is 18.3 Å². The highest BCUT2D eigenvalue weighted by Crippen LogP contribution is 2.17. The van der Waals surface area contributed by atoms with Crippen molar-refractivity contribution in [2.75, 3.05) is 11.9 Å². The van der Waals surface area contributed by atoms with Crippen LogP contribution in [0.1, 0.15) is 17.7 Å². The summed E-state index contributed by atoms with van der Waals surface area (Å²) in [4.78, 5) is 14.8. The number of aromatic nitrogens is 1. The quantitative estimate of drug-likeness (QED) is 0.824. The zero-order valence-electron chi connectivity index (χ0n) is 10.8. The topological polar surface area (TPSA) is 62.2 Å². The van der Waals surface area contributed by atoms with E-state index in [2.05, 4.69) is 10.3 Å². The van der Waals surface area contributed by atoms with Gasteiger partial charge in [-0.05, 0) is 18.1 Å². The van der Waals surface area contributed by atoms with Crippen LogP contribution in [0.15, 0.2) is 29.6 Å². The largest absolute Gasteiger partial charge is 0.481 e. The third-order valence-corrected chi connectivity index (χ3v) is 3.62. The van der Waals surface area contributed by atoms with Crippen molar-refractivity contribution in [2.24, 2.45) is 0 Å². The van der Waals surface area contributed by atoms with Crippen LogP contribution in [0, 0.1) is 5.82 Å². The van der Waals surface area contributed by atoms with Crippen molar-refractivity contribution in [3.05, 3.63) is 46.7 Å². The molecule has 0 spiro atoms. The van der Waals surface area contributed by atoms with Crippen molar-refractivity contribution >= 4 is 22.4 Å². The van der Waals surface area contributed by atoms with E-state index in [9.17, 15) is 9.18 Å². The van der Waals surface area contributed by atoms with Gasteiger partial charge in [0.25, 0.3) is 0 Å². The lowest BCUT2D eigenvalue weighted by Gasteiger charge is -2.04. The maximum atomic E-state index is 13.4. The van der Waals surface area contributed by atoms with Gasteiger partial charge in [-0.15, -0.1) is 11.3 Å². The number of thiazole rings is 1. The molecule has 2 N–H and O–H groups in total. The molecule has 0 fully saturated rings. The molecule has 0 aliphatic heterocycles. The maximum Gasteiger partial charge on any atom is 0.303 e. The normalized spacial score (nSPS) is 10.4. The van der Waals surface area contributed by atoms with Gasteiger partial charge < -0.3 is 10.4 Å². The smallest absolute Gasteiger partial charge is 0.303 e. The molecule has 0 amide bonds. The summed E-state index contributed by atoms with van der Waals surface area (Å²) in [6, 6.07) is 6.69. The van der Waals surface area contributed by atoms with Gasteiger partial charge in [-0.2, -0.15) is 0 Å². The van der Waals surface area contributed by atoms with E-state index in [1.807, 2.05) is 11.4 Å². The average Bonchev–Trinajstić information content (AvgIpc) is 2.87. The molecule has 2 aromatic rings. The highest BCUT2D eigenvalue weighted by Gasteiger charge is 2.05. The van der Waals surface area contributed by atoms with E-state index in [0.29, 0.717) is 24.9 Å². The predicted molar refractivity (Wildman–Crippen MR) is 76.7 cm³/mol. The van der Waals surface area contributed by atoms with Crippen LogP contribution in [0.2, 0.25) is 0 Å². The number of carbonyl (C=O) groups is 1. The fraction of sp³-hybridized carbons (Fsp3) is 0.286. The number of carboxylic acid groups (broad SMARTS) is 1. The maximum absolute atomic E-state index is 13.4. The molecule has 0 aliphatic rings. The van der Waals surface area contributed by atoms with E-state index in [4.69, 9.17) is 5.11 Å². The SMILES string of the molecule is O=C(O)CCc1csc(NCCc2ccccc2F)n1. The molecule has 2 rings (SSSR count).